The highest BCUT2D eigenvalue weighted by Gasteiger charge is 2.28. The molecule has 1 fully saturated rings. The van der Waals surface area contributed by atoms with Crippen LogP contribution in [-0.2, 0) is 9.59 Å². The number of carbonyl (C=O) groups excluding carboxylic acids is 2. The van der Waals surface area contributed by atoms with E-state index in [0.717, 1.165) is 18.5 Å². The fourth-order valence-corrected chi connectivity index (χ4v) is 2.56. The third-order valence-corrected chi connectivity index (χ3v) is 3.77. The van der Waals surface area contributed by atoms with E-state index in [1.54, 1.807) is 11.1 Å². The summed E-state index contributed by atoms with van der Waals surface area (Å²) in [5.74, 6) is -0.284. The number of carbonyl (C=O) groups is 2. The van der Waals surface area contributed by atoms with Crippen LogP contribution >= 0.6 is 0 Å². The molecule has 2 heterocycles. The Bertz CT molecular complexity index is 516. The summed E-state index contributed by atoms with van der Waals surface area (Å²) < 4.78 is 0. The first-order valence-electron chi connectivity index (χ1n) is 7.24. The lowest BCUT2D eigenvalue weighted by Crippen LogP contribution is -2.45. The van der Waals surface area contributed by atoms with Crippen molar-refractivity contribution in [2.75, 3.05) is 13.1 Å². The predicted molar refractivity (Wildman–Crippen MR) is 80.3 cm³/mol. The SMILES string of the molecule is C=CC(=O)N1CCCC(C(=O)N[C@@H](C)c2ccccn2)C1. The first kappa shape index (κ1) is 15.2. The van der Waals surface area contributed by atoms with E-state index in [4.69, 9.17) is 0 Å². The van der Waals surface area contributed by atoms with Gasteiger partial charge in [0.15, 0.2) is 0 Å². The van der Waals surface area contributed by atoms with E-state index in [-0.39, 0.29) is 23.8 Å². The van der Waals surface area contributed by atoms with E-state index in [1.807, 2.05) is 25.1 Å². The number of rotatable bonds is 4. The molecule has 0 aromatic carbocycles. The zero-order valence-corrected chi connectivity index (χ0v) is 12.3. The number of pyridine rings is 1. The van der Waals surface area contributed by atoms with Gasteiger partial charge in [-0.3, -0.25) is 14.6 Å². The zero-order valence-electron chi connectivity index (χ0n) is 12.3. The molecule has 2 atom stereocenters. The van der Waals surface area contributed by atoms with E-state index < -0.39 is 0 Å². The fourth-order valence-electron chi connectivity index (χ4n) is 2.56. The highest BCUT2D eigenvalue weighted by atomic mass is 16.2. The smallest absolute Gasteiger partial charge is 0.245 e. The maximum atomic E-state index is 12.3. The molecule has 0 radical (unpaired) electrons. The minimum Gasteiger partial charge on any atom is -0.348 e. The zero-order chi connectivity index (χ0) is 15.2. The second-order valence-corrected chi connectivity index (χ2v) is 5.31. The lowest BCUT2D eigenvalue weighted by molar-refractivity contribution is -0.132. The van der Waals surface area contributed by atoms with Gasteiger partial charge in [0, 0.05) is 19.3 Å². The normalized spacial score (nSPS) is 19.7. The maximum Gasteiger partial charge on any atom is 0.245 e. The summed E-state index contributed by atoms with van der Waals surface area (Å²) in [7, 11) is 0. The third kappa shape index (κ3) is 3.90. The first-order chi connectivity index (χ1) is 10.1. The van der Waals surface area contributed by atoms with Crippen LogP contribution in [0.5, 0.6) is 0 Å². The van der Waals surface area contributed by atoms with Gasteiger partial charge in [-0.05, 0) is 38.0 Å². The number of nitrogens with zero attached hydrogens (tertiary/aromatic N) is 2. The van der Waals surface area contributed by atoms with Crippen molar-refractivity contribution in [3.05, 3.63) is 42.7 Å². The molecule has 1 aliphatic heterocycles. The summed E-state index contributed by atoms with van der Waals surface area (Å²) in [6.45, 7) is 6.57. The summed E-state index contributed by atoms with van der Waals surface area (Å²) >= 11 is 0. The Morgan fingerprint density at radius 1 is 1.52 bits per heavy atom. The molecule has 1 aromatic heterocycles. The lowest BCUT2D eigenvalue weighted by atomic mass is 9.96. The first-order valence-corrected chi connectivity index (χ1v) is 7.24. The second-order valence-electron chi connectivity index (χ2n) is 5.31. The Morgan fingerprint density at radius 2 is 2.33 bits per heavy atom. The Hall–Kier alpha value is -2.17. The van der Waals surface area contributed by atoms with Crippen LogP contribution in [0.2, 0.25) is 0 Å². The Kier molecular flexibility index (Phi) is 5.09. The molecule has 5 heteroatoms. The topological polar surface area (TPSA) is 62.3 Å². The van der Waals surface area contributed by atoms with E-state index in [9.17, 15) is 9.59 Å². The van der Waals surface area contributed by atoms with Gasteiger partial charge in [-0.15, -0.1) is 0 Å². The largest absolute Gasteiger partial charge is 0.348 e. The summed E-state index contributed by atoms with van der Waals surface area (Å²) in [6.07, 6.45) is 4.66. The predicted octanol–water partition coefficient (Wildman–Crippen LogP) is 1.68. The molecule has 1 saturated heterocycles. The molecular weight excluding hydrogens is 266 g/mol. The van der Waals surface area contributed by atoms with E-state index in [0.29, 0.717) is 13.1 Å². The van der Waals surface area contributed by atoms with Crippen molar-refractivity contribution in [3.8, 4) is 0 Å². The molecule has 0 spiro atoms. The number of piperidine rings is 1. The molecule has 0 bridgehead atoms. The van der Waals surface area contributed by atoms with Crippen molar-refractivity contribution < 1.29 is 9.59 Å². The van der Waals surface area contributed by atoms with Crippen LogP contribution < -0.4 is 5.32 Å². The molecule has 0 saturated carbocycles. The molecule has 2 amide bonds. The number of aromatic nitrogens is 1. The van der Waals surface area contributed by atoms with E-state index in [2.05, 4.69) is 16.9 Å². The standard InChI is InChI=1S/C16H21N3O2/c1-3-15(20)19-10-6-7-13(11-19)16(21)18-12(2)14-8-4-5-9-17-14/h3-5,8-9,12-13H,1,6-7,10-11H2,2H3,(H,18,21)/t12-,13?/m0/s1. The van der Waals surface area contributed by atoms with Crippen LogP contribution in [0.15, 0.2) is 37.1 Å². The lowest BCUT2D eigenvalue weighted by Gasteiger charge is -2.31. The molecule has 1 N–H and O–H groups in total. The summed E-state index contributed by atoms with van der Waals surface area (Å²) in [5.41, 5.74) is 0.834. The van der Waals surface area contributed by atoms with E-state index in [1.165, 1.54) is 6.08 Å². The van der Waals surface area contributed by atoms with Crippen molar-refractivity contribution in [2.45, 2.75) is 25.8 Å². The van der Waals surface area contributed by atoms with Crippen molar-refractivity contribution in [2.24, 2.45) is 5.92 Å². The molecule has 21 heavy (non-hydrogen) atoms. The van der Waals surface area contributed by atoms with Crippen molar-refractivity contribution in [3.63, 3.8) is 0 Å². The van der Waals surface area contributed by atoms with Gasteiger partial charge >= 0.3 is 0 Å². The third-order valence-electron chi connectivity index (χ3n) is 3.77. The number of hydrogen-bond donors (Lipinski definition) is 1. The quantitative estimate of drug-likeness (QED) is 0.857. The minimum atomic E-state index is -0.159. The van der Waals surface area contributed by atoms with Gasteiger partial charge in [-0.2, -0.15) is 0 Å². The highest BCUT2D eigenvalue weighted by molar-refractivity contribution is 5.88. The Labute approximate surface area is 125 Å². The van der Waals surface area contributed by atoms with Gasteiger partial charge in [-0.25, -0.2) is 0 Å². The Morgan fingerprint density at radius 3 is 3.00 bits per heavy atom. The molecule has 1 aliphatic rings. The number of nitrogens with one attached hydrogen (secondary N) is 1. The molecule has 1 aromatic rings. The minimum absolute atomic E-state index is 0.0188. The van der Waals surface area contributed by atoms with Crippen molar-refractivity contribution in [1.82, 2.24) is 15.2 Å². The molecule has 2 rings (SSSR count). The number of likely N-dealkylation sites (tertiary alicyclic amines) is 1. The fraction of sp³-hybridized carbons (Fsp3) is 0.438. The van der Waals surface area contributed by atoms with Crippen LogP contribution in [0.3, 0.4) is 0 Å². The number of hydrogen-bond acceptors (Lipinski definition) is 3. The molecule has 0 aliphatic carbocycles. The van der Waals surface area contributed by atoms with Crippen LogP contribution in [0.4, 0.5) is 0 Å². The van der Waals surface area contributed by atoms with Gasteiger partial charge in [0.2, 0.25) is 11.8 Å². The summed E-state index contributed by atoms with van der Waals surface area (Å²) in [5, 5.41) is 2.98. The average Bonchev–Trinajstić information content (AvgIpc) is 2.55. The van der Waals surface area contributed by atoms with E-state index >= 15 is 0 Å². The monoisotopic (exact) mass is 287 g/mol. The van der Waals surface area contributed by atoms with Gasteiger partial charge < -0.3 is 10.2 Å². The molecule has 112 valence electrons. The average molecular weight is 287 g/mol. The van der Waals surface area contributed by atoms with Gasteiger partial charge in [-0.1, -0.05) is 12.6 Å². The molecular formula is C16H21N3O2. The van der Waals surface area contributed by atoms with Crippen LogP contribution in [-0.4, -0.2) is 34.8 Å². The van der Waals surface area contributed by atoms with Crippen LogP contribution in [0, 0.1) is 5.92 Å². The van der Waals surface area contributed by atoms with Gasteiger partial charge in [0.25, 0.3) is 0 Å². The maximum absolute atomic E-state index is 12.3. The number of amides is 2. The van der Waals surface area contributed by atoms with Gasteiger partial charge in [0.1, 0.15) is 0 Å². The van der Waals surface area contributed by atoms with Crippen LogP contribution in [0.1, 0.15) is 31.5 Å². The summed E-state index contributed by atoms with van der Waals surface area (Å²) in [4.78, 5) is 29.9. The molecule has 5 nitrogen and oxygen atoms in total. The second kappa shape index (κ2) is 7.02. The summed E-state index contributed by atoms with van der Waals surface area (Å²) in [6, 6.07) is 5.50. The molecule has 1 unspecified atom stereocenters. The van der Waals surface area contributed by atoms with Gasteiger partial charge in [0.05, 0.1) is 17.7 Å². The van der Waals surface area contributed by atoms with Crippen molar-refractivity contribution in [1.29, 1.82) is 0 Å². The Balaban J connectivity index is 1.94. The van der Waals surface area contributed by atoms with Crippen molar-refractivity contribution >= 4 is 11.8 Å². The van der Waals surface area contributed by atoms with Crippen LogP contribution in [0.25, 0.3) is 0 Å². The highest BCUT2D eigenvalue weighted by Crippen LogP contribution is 2.18.